The molecular formula is C21H26ClFIN5O. The average molecular weight is 546 g/mol. The minimum absolute atomic E-state index is 0. The Bertz CT molecular complexity index is 882. The number of carbonyl (C=O) groups excluding carboxylic acids is 1. The van der Waals surface area contributed by atoms with Gasteiger partial charge in [0.15, 0.2) is 5.96 Å². The van der Waals surface area contributed by atoms with Gasteiger partial charge < -0.3 is 20.9 Å². The molecule has 6 nitrogen and oxygen atoms in total. The van der Waals surface area contributed by atoms with Gasteiger partial charge in [0.2, 0.25) is 0 Å². The van der Waals surface area contributed by atoms with Gasteiger partial charge in [-0.25, -0.2) is 4.39 Å². The van der Waals surface area contributed by atoms with E-state index >= 15 is 0 Å². The van der Waals surface area contributed by atoms with Crippen LogP contribution < -0.4 is 20.9 Å². The standard InChI is InChI=1S/C21H25ClFN5O.HI/c1-24-21(26-11-10-25-20(29)18-7-2-3-8-19(18)23)27-16-9-12-28(14-16)17-6-4-5-15(22)13-17;/h2-8,13,16H,9-12,14H2,1H3,(H,25,29)(H2,24,26,27);1H. The van der Waals surface area contributed by atoms with E-state index in [2.05, 4.69) is 31.9 Å². The highest BCUT2D eigenvalue weighted by atomic mass is 127. The summed E-state index contributed by atoms with van der Waals surface area (Å²) in [7, 11) is 1.71. The number of nitrogens with zero attached hydrogens (tertiary/aromatic N) is 2. The summed E-state index contributed by atoms with van der Waals surface area (Å²) in [6, 6.07) is 14.0. The largest absolute Gasteiger partial charge is 0.369 e. The van der Waals surface area contributed by atoms with Gasteiger partial charge in [-0.2, -0.15) is 0 Å². The van der Waals surface area contributed by atoms with E-state index in [1.165, 1.54) is 12.1 Å². The summed E-state index contributed by atoms with van der Waals surface area (Å²) in [5.41, 5.74) is 1.16. The fourth-order valence-corrected chi connectivity index (χ4v) is 3.46. The molecule has 0 saturated carbocycles. The summed E-state index contributed by atoms with van der Waals surface area (Å²) < 4.78 is 13.6. The lowest BCUT2D eigenvalue weighted by molar-refractivity contribution is 0.0950. The molecule has 30 heavy (non-hydrogen) atoms. The van der Waals surface area contributed by atoms with Crippen LogP contribution in [-0.4, -0.2) is 51.1 Å². The first-order chi connectivity index (χ1) is 14.1. The molecule has 2 aromatic carbocycles. The van der Waals surface area contributed by atoms with Crippen molar-refractivity contribution >= 4 is 53.1 Å². The Morgan fingerprint density at radius 2 is 1.97 bits per heavy atom. The van der Waals surface area contributed by atoms with Crippen molar-refractivity contribution in [2.75, 3.05) is 38.1 Å². The van der Waals surface area contributed by atoms with E-state index in [9.17, 15) is 9.18 Å². The summed E-state index contributed by atoms with van der Waals surface area (Å²) in [5.74, 6) is -0.287. The number of nitrogens with one attached hydrogen (secondary N) is 3. The maximum atomic E-state index is 13.6. The quantitative estimate of drug-likeness (QED) is 0.226. The Labute approximate surface area is 198 Å². The molecule has 1 aliphatic heterocycles. The number of rotatable bonds is 6. The minimum atomic E-state index is -0.527. The van der Waals surface area contributed by atoms with Gasteiger partial charge in [-0.15, -0.1) is 24.0 Å². The van der Waals surface area contributed by atoms with Gasteiger partial charge >= 0.3 is 0 Å². The summed E-state index contributed by atoms with van der Waals surface area (Å²) >= 11 is 6.09. The molecule has 1 atom stereocenters. The maximum absolute atomic E-state index is 13.6. The number of amides is 1. The Hall–Kier alpha value is -2.07. The molecule has 0 radical (unpaired) electrons. The number of guanidine groups is 1. The van der Waals surface area contributed by atoms with Crippen LogP contribution in [0.25, 0.3) is 0 Å². The van der Waals surface area contributed by atoms with Crippen LogP contribution in [0, 0.1) is 5.82 Å². The number of anilines is 1. The van der Waals surface area contributed by atoms with Gasteiger partial charge in [0.05, 0.1) is 5.56 Å². The first-order valence-electron chi connectivity index (χ1n) is 9.57. The third kappa shape index (κ3) is 6.73. The van der Waals surface area contributed by atoms with E-state index in [4.69, 9.17) is 11.6 Å². The zero-order chi connectivity index (χ0) is 20.6. The van der Waals surface area contributed by atoms with Gasteiger partial charge in [-0.3, -0.25) is 9.79 Å². The van der Waals surface area contributed by atoms with Crippen molar-refractivity contribution in [3.8, 4) is 0 Å². The molecular weight excluding hydrogens is 520 g/mol. The van der Waals surface area contributed by atoms with Crippen molar-refractivity contribution < 1.29 is 9.18 Å². The van der Waals surface area contributed by atoms with Crippen LogP contribution in [0.5, 0.6) is 0 Å². The summed E-state index contributed by atoms with van der Waals surface area (Å²) in [6.45, 7) is 2.62. The van der Waals surface area contributed by atoms with Crippen molar-refractivity contribution in [1.29, 1.82) is 0 Å². The lowest BCUT2D eigenvalue weighted by Crippen LogP contribution is -2.46. The van der Waals surface area contributed by atoms with E-state index < -0.39 is 11.7 Å². The van der Waals surface area contributed by atoms with E-state index in [0.717, 1.165) is 30.2 Å². The molecule has 0 spiro atoms. The number of aliphatic imine (C=N–C) groups is 1. The number of hydrogen-bond acceptors (Lipinski definition) is 3. The molecule has 1 heterocycles. The number of halogens is 3. The average Bonchev–Trinajstić information content (AvgIpc) is 3.19. The van der Waals surface area contributed by atoms with Crippen molar-refractivity contribution in [1.82, 2.24) is 16.0 Å². The normalized spacial score (nSPS) is 16.0. The molecule has 1 fully saturated rings. The second-order valence-electron chi connectivity index (χ2n) is 6.79. The Kier molecular flexibility index (Phi) is 9.64. The van der Waals surface area contributed by atoms with Crippen LogP contribution >= 0.6 is 35.6 Å². The summed E-state index contributed by atoms with van der Waals surface area (Å²) in [6.07, 6.45) is 0.983. The summed E-state index contributed by atoms with van der Waals surface area (Å²) in [4.78, 5) is 18.5. The van der Waals surface area contributed by atoms with Crippen LogP contribution in [0.1, 0.15) is 16.8 Å². The monoisotopic (exact) mass is 545 g/mol. The second-order valence-corrected chi connectivity index (χ2v) is 7.23. The van der Waals surface area contributed by atoms with Crippen molar-refractivity contribution in [2.24, 2.45) is 4.99 Å². The van der Waals surface area contributed by atoms with Crippen molar-refractivity contribution in [3.63, 3.8) is 0 Å². The predicted molar refractivity (Wildman–Crippen MR) is 131 cm³/mol. The lowest BCUT2D eigenvalue weighted by Gasteiger charge is -2.20. The van der Waals surface area contributed by atoms with Gasteiger partial charge in [-0.1, -0.05) is 29.8 Å². The highest BCUT2D eigenvalue weighted by molar-refractivity contribution is 14.0. The SMILES string of the molecule is CN=C(NCCNC(=O)c1ccccc1F)NC1CCN(c2cccc(Cl)c2)C1.I. The molecule has 1 amide bonds. The molecule has 1 aliphatic rings. The van der Waals surface area contributed by atoms with Gasteiger partial charge in [-0.05, 0) is 36.8 Å². The molecule has 9 heteroatoms. The smallest absolute Gasteiger partial charge is 0.254 e. The van der Waals surface area contributed by atoms with Gasteiger partial charge in [0.1, 0.15) is 5.82 Å². The van der Waals surface area contributed by atoms with Crippen LogP contribution in [0.2, 0.25) is 5.02 Å². The van der Waals surface area contributed by atoms with E-state index in [1.807, 2.05) is 18.2 Å². The third-order valence-corrected chi connectivity index (χ3v) is 4.98. The Balaban J connectivity index is 0.00000320. The topological polar surface area (TPSA) is 68.8 Å². The Morgan fingerprint density at radius 1 is 1.20 bits per heavy atom. The van der Waals surface area contributed by atoms with Crippen molar-refractivity contribution in [3.05, 3.63) is 64.9 Å². The molecule has 162 valence electrons. The van der Waals surface area contributed by atoms with Crippen LogP contribution in [0.15, 0.2) is 53.5 Å². The van der Waals surface area contributed by atoms with Crippen LogP contribution in [-0.2, 0) is 0 Å². The van der Waals surface area contributed by atoms with E-state index in [1.54, 1.807) is 19.2 Å². The lowest BCUT2D eigenvalue weighted by atomic mass is 10.2. The van der Waals surface area contributed by atoms with Crippen molar-refractivity contribution in [2.45, 2.75) is 12.5 Å². The molecule has 2 aromatic rings. The van der Waals surface area contributed by atoms with Gasteiger partial charge in [0, 0.05) is 50.0 Å². The zero-order valence-corrected chi connectivity index (χ0v) is 19.8. The number of carbonyl (C=O) groups is 1. The minimum Gasteiger partial charge on any atom is -0.369 e. The fourth-order valence-electron chi connectivity index (χ4n) is 3.27. The first-order valence-corrected chi connectivity index (χ1v) is 9.95. The number of benzene rings is 2. The molecule has 0 aromatic heterocycles. The first kappa shape index (κ1) is 24.2. The molecule has 3 rings (SSSR count). The van der Waals surface area contributed by atoms with Crippen LogP contribution in [0.3, 0.4) is 0 Å². The molecule has 0 bridgehead atoms. The van der Waals surface area contributed by atoms with Crippen LogP contribution in [0.4, 0.5) is 10.1 Å². The van der Waals surface area contributed by atoms with Gasteiger partial charge in [0.25, 0.3) is 5.91 Å². The molecule has 1 unspecified atom stereocenters. The molecule has 3 N–H and O–H groups in total. The highest BCUT2D eigenvalue weighted by Gasteiger charge is 2.23. The van der Waals surface area contributed by atoms with E-state index in [0.29, 0.717) is 19.0 Å². The third-order valence-electron chi connectivity index (χ3n) is 4.75. The summed E-state index contributed by atoms with van der Waals surface area (Å²) in [5, 5.41) is 10.0. The molecule has 0 aliphatic carbocycles. The zero-order valence-electron chi connectivity index (χ0n) is 16.7. The molecule has 1 saturated heterocycles. The fraction of sp³-hybridized carbons (Fsp3) is 0.333. The maximum Gasteiger partial charge on any atom is 0.254 e. The highest BCUT2D eigenvalue weighted by Crippen LogP contribution is 2.23. The van der Waals surface area contributed by atoms with E-state index in [-0.39, 0.29) is 35.6 Å². The Morgan fingerprint density at radius 3 is 2.70 bits per heavy atom. The second kappa shape index (κ2) is 11.9. The number of hydrogen-bond donors (Lipinski definition) is 3. The predicted octanol–water partition coefficient (Wildman–Crippen LogP) is 3.27.